The summed E-state index contributed by atoms with van der Waals surface area (Å²) in [5.74, 6) is 0.380. The fraction of sp³-hybridized carbons (Fsp3) is 0.429. The molecule has 2 rings (SSSR count). The van der Waals surface area contributed by atoms with Crippen LogP contribution in [0.1, 0.15) is 88.5 Å². The first kappa shape index (κ1) is 38.8. The summed E-state index contributed by atoms with van der Waals surface area (Å²) in [5.41, 5.74) is 8.85. The highest BCUT2D eigenvalue weighted by atomic mass is 16.3. The lowest BCUT2D eigenvalue weighted by atomic mass is 9.67. The fourth-order valence-corrected chi connectivity index (χ4v) is 6.10. The molecule has 0 saturated heterocycles. The van der Waals surface area contributed by atoms with Crippen molar-refractivity contribution in [2.24, 2.45) is 16.7 Å². The Morgan fingerprint density at radius 2 is 1.25 bits per heavy atom. The smallest absolute Gasteiger partial charge is 0.0729 e. The van der Waals surface area contributed by atoms with Gasteiger partial charge in [0.2, 0.25) is 0 Å². The highest BCUT2D eigenvalue weighted by Gasteiger charge is 2.34. The van der Waals surface area contributed by atoms with Crippen molar-refractivity contribution in [3.8, 4) is 0 Å². The van der Waals surface area contributed by atoms with E-state index in [0.717, 1.165) is 19.3 Å². The van der Waals surface area contributed by atoms with Crippen LogP contribution in [-0.2, 0) is 0 Å². The van der Waals surface area contributed by atoms with Crippen LogP contribution in [0.5, 0.6) is 0 Å². The first-order chi connectivity index (χ1) is 20.5. The van der Waals surface area contributed by atoms with Crippen LogP contribution in [0.15, 0.2) is 143 Å². The van der Waals surface area contributed by atoms with Gasteiger partial charge in [-0.25, -0.2) is 0 Å². The Morgan fingerprint density at radius 1 is 0.750 bits per heavy atom. The van der Waals surface area contributed by atoms with Crippen molar-refractivity contribution in [1.82, 2.24) is 0 Å². The zero-order chi connectivity index (χ0) is 33.5. The second-order valence-corrected chi connectivity index (χ2v) is 13.8. The van der Waals surface area contributed by atoms with Crippen molar-refractivity contribution in [3.05, 3.63) is 143 Å². The van der Waals surface area contributed by atoms with Crippen molar-refractivity contribution in [2.75, 3.05) is 0 Å². The number of allylic oxidation sites excluding steroid dienone is 20. The molecule has 2 nitrogen and oxygen atoms in total. The Labute approximate surface area is 270 Å². The molecular formula is C42H60O2. The van der Waals surface area contributed by atoms with Gasteiger partial charge in [-0.05, 0) is 77.2 Å². The zero-order valence-electron chi connectivity index (χ0n) is 29.3. The summed E-state index contributed by atoms with van der Waals surface area (Å²) in [4.78, 5) is 0. The summed E-state index contributed by atoms with van der Waals surface area (Å²) in [6.45, 7) is 28.8. The molecule has 0 bridgehead atoms. The zero-order valence-corrected chi connectivity index (χ0v) is 29.3. The second kappa shape index (κ2) is 18.6. The number of hydrogen-bond donors (Lipinski definition) is 2. The molecule has 2 N–H and O–H groups in total. The monoisotopic (exact) mass is 596 g/mol. The van der Waals surface area contributed by atoms with Gasteiger partial charge in [-0.15, -0.1) is 0 Å². The maximum absolute atomic E-state index is 9.93. The molecular weight excluding hydrogens is 536 g/mol. The average Bonchev–Trinajstić information content (AvgIpc) is 2.87. The number of hydrogen-bond acceptors (Lipinski definition) is 2. The quantitative estimate of drug-likeness (QED) is 0.194. The van der Waals surface area contributed by atoms with Crippen LogP contribution in [0.25, 0.3) is 0 Å². The van der Waals surface area contributed by atoms with E-state index >= 15 is 0 Å². The molecule has 2 aliphatic rings. The van der Waals surface area contributed by atoms with Crippen LogP contribution in [0, 0.1) is 16.7 Å². The molecule has 0 aliphatic heterocycles. The van der Waals surface area contributed by atoms with E-state index in [-0.39, 0.29) is 23.0 Å². The Balaban J connectivity index is 0.000000440. The molecule has 2 heteroatoms. The van der Waals surface area contributed by atoms with Gasteiger partial charge in [-0.3, -0.25) is 0 Å². The minimum absolute atomic E-state index is 0.0393. The first-order valence-electron chi connectivity index (χ1n) is 15.9. The van der Waals surface area contributed by atoms with Gasteiger partial charge in [0.15, 0.2) is 0 Å². The summed E-state index contributed by atoms with van der Waals surface area (Å²) < 4.78 is 0. The van der Waals surface area contributed by atoms with Crippen molar-refractivity contribution in [1.29, 1.82) is 0 Å². The van der Waals surface area contributed by atoms with Crippen molar-refractivity contribution < 1.29 is 10.2 Å². The van der Waals surface area contributed by atoms with Gasteiger partial charge in [-0.2, -0.15) is 0 Å². The van der Waals surface area contributed by atoms with Crippen molar-refractivity contribution in [2.45, 2.75) is 101 Å². The Kier molecular flexibility index (Phi) is 16.4. The van der Waals surface area contributed by atoms with Gasteiger partial charge in [0.05, 0.1) is 12.2 Å². The predicted octanol–water partition coefficient (Wildman–Crippen LogP) is 11.2. The summed E-state index contributed by atoms with van der Waals surface area (Å²) in [6, 6.07) is 0. The van der Waals surface area contributed by atoms with E-state index in [1.807, 2.05) is 18.2 Å². The molecule has 0 spiro atoms. The molecule has 0 fully saturated rings. The third-order valence-corrected chi connectivity index (χ3v) is 8.26. The molecule has 2 aliphatic carbocycles. The Hall–Kier alpha value is -3.20. The molecule has 3 atom stereocenters. The Bertz CT molecular complexity index is 1290. The number of aliphatic hydroxyl groups is 2. The molecule has 0 saturated carbocycles. The lowest BCUT2D eigenvalue weighted by Crippen LogP contribution is -2.32. The van der Waals surface area contributed by atoms with E-state index in [0.29, 0.717) is 5.92 Å². The normalized spacial score (nSPS) is 25.1. The third kappa shape index (κ3) is 14.1. The van der Waals surface area contributed by atoms with E-state index in [9.17, 15) is 10.2 Å². The molecule has 0 heterocycles. The fourth-order valence-electron chi connectivity index (χ4n) is 6.10. The number of rotatable bonds is 10. The standard InChI is InChI=1S/2C21H30O/c2*1-7-9-16(2)10-8-11-17(3)12-13-20-18(4)14-19(22)15-21(20,5)6/h7-13,19,22H,1,14-15H2,2-6H3;7-14,19-20,22H,1,15H2,2-6H3/b2*10-8+,13-12+,16-9+,17-11+. The topological polar surface area (TPSA) is 40.5 Å². The van der Waals surface area contributed by atoms with E-state index in [1.165, 1.54) is 39.0 Å². The van der Waals surface area contributed by atoms with Crippen LogP contribution in [-0.4, -0.2) is 22.4 Å². The highest BCUT2D eigenvalue weighted by molar-refractivity contribution is 5.38. The van der Waals surface area contributed by atoms with E-state index in [4.69, 9.17) is 0 Å². The van der Waals surface area contributed by atoms with Gasteiger partial charge < -0.3 is 10.2 Å². The summed E-state index contributed by atoms with van der Waals surface area (Å²) in [5, 5.41) is 19.8. The minimum atomic E-state index is -0.307. The summed E-state index contributed by atoms with van der Waals surface area (Å²) in [6.07, 6.45) is 32.8. The van der Waals surface area contributed by atoms with Gasteiger partial charge in [0, 0.05) is 5.92 Å². The van der Waals surface area contributed by atoms with E-state index in [1.54, 1.807) is 12.2 Å². The van der Waals surface area contributed by atoms with E-state index in [2.05, 4.69) is 143 Å². The molecule has 0 radical (unpaired) electrons. The first-order valence-corrected chi connectivity index (χ1v) is 15.9. The van der Waals surface area contributed by atoms with Gasteiger partial charge >= 0.3 is 0 Å². The molecule has 0 aromatic rings. The van der Waals surface area contributed by atoms with Crippen molar-refractivity contribution in [3.63, 3.8) is 0 Å². The molecule has 3 unspecified atom stereocenters. The maximum atomic E-state index is 9.93. The number of aliphatic hydroxyl groups excluding tert-OH is 2. The second-order valence-electron chi connectivity index (χ2n) is 13.8. The van der Waals surface area contributed by atoms with Crippen LogP contribution in [0.4, 0.5) is 0 Å². The van der Waals surface area contributed by atoms with Crippen molar-refractivity contribution >= 4 is 0 Å². The summed E-state index contributed by atoms with van der Waals surface area (Å²) in [7, 11) is 0. The SMILES string of the molecule is C=C/C=C(C)/C=C/C=C(C)/C=C/C1=C(C)CC(O)CC1(C)C.C=C/C=C(C)/C=C/C=C(C)/C=C/C1C(C)=CC(O)CC1(C)C. The van der Waals surface area contributed by atoms with Gasteiger partial charge in [-0.1, -0.05) is 165 Å². The summed E-state index contributed by atoms with van der Waals surface area (Å²) >= 11 is 0. The largest absolute Gasteiger partial charge is 0.393 e. The van der Waals surface area contributed by atoms with Crippen LogP contribution in [0.3, 0.4) is 0 Å². The van der Waals surface area contributed by atoms with Gasteiger partial charge in [0.25, 0.3) is 0 Å². The van der Waals surface area contributed by atoms with Crippen LogP contribution >= 0.6 is 0 Å². The molecule has 44 heavy (non-hydrogen) atoms. The Morgan fingerprint density at radius 3 is 1.73 bits per heavy atom. The third-order valence-electron chi connectivity index (χ3n) is 8.26. The lowest BCUT2D eigenvalue weighted by Gasteiger charge is -2.38. The lowest BCUT2D eigenvalue weighted by molar-refractivity contribution is 0.116. The highest BCUT2D eigenvalue weighted by Crippen LogP contribution is 2.42. The minimum Gasteiger partial charge on any atom is -0.393 e. The van der Waals surface area contributed by atoms with E-state index < -0.39 is 0 Å². The van der Waals surface area contributed by atoms with Crippen LogP contribution < -0.4 is 0 Å². The predicted molar refractivity (Wildman–Crippen MR) is 195 cm³/mol. The maximum Gasteiger partial charge on any atom is 0.0729 e. The van der Waals surface area contributed by atoms with Gasteiger partial charge in [0.1, 0.15) is 0 Å². The molecule has 240 valence electrons. The van der Waals surface area contributed by atoms with Crippen LogP contribution in [0.2, 0.25) is 0 Å². The average molecular weight is 597 g/mol. The molecule has 0 aromatic heterocycles. The molecule has 0 amide bonds. The molecule has 0 aromatic carbocycles.